The van der Waals surface area contributed by atoms with E-state index in [0.717, 1.165) is 18.1 Å². The SMILES string of the molecule is C1CC(N(C2CC2)[C@@H]2CCSC2)CCN1. The summed E-state index contributed by atoms with van der Waals surface area (Å²) in [5, 5.41) is 3.49. The largest absolute Gasteiger partial charge is 0.317 e. The fourth-order valence-corrected chi connectivity index (χ4v) is 4.35. The second-order valence-corrected chi connectivity index (χ2v) is 6.33. The highest BCUT2D eigenvalue weighted by molar-refractivity contribution is 7.99. The van der Waals surface area contributed by atoms with Crippen LogP contribution in [0.3, 0.4) is 0 Å². The van der Waals surface area contributed by atoms with Gasteiger partial charge < -0.3 is 5.32 Å². The van der Waals surface area contributed by atoms with Crippen LogP contribution in [0.2, 0.25) is 0 Å². The Morgan fingerprint density at radius 1 is 0.867 bits per heavy atom. The minimum absolute atomic E-state index is 0.905. The van der Waals surface area contributed by atoms with Crippen LogP contribution < -0.4 is 5.32 Å². The molecule has 0 aromatic heterocycles. The first kappa shape index (κ1) is 10.4. The molecule has 0 bridgehead atoms. The maximum absolute atomic E-state index is 3.49. The molecule has 0 aromatic rings. The van der Waals surface area contributed by atoms with E-state index in [1.54, 1.807) is 0 Å². The highest BCUT2D eigenvalue weighted by atomic mass is 32.2. The van der Waals surface area contributed by atoms with Gasteiger partial charge in [-0.2, -0.15) is 11.8 Å². The van der Waals surface area contributed by atoms with Crippen molar-refractivity contribution in [3.05, 3.63) is 0 Å². The van der Waals surface area contributed by atoms with Crippen molar-refractivity contribution in [2.45, 2.75) is 50.2 Å². The summed E-state index contributed by atoms with van der Waals surface area (Å²) < 4.78 is 0. The molecule has 2 aliphatic heterocycles. The number of rotatable bonds is 3. The van der Waals surface area contributed by atoms with Crippen LogP contribution in [0, 0.1) is 0 Å². The molecule has 0 unspecified atom stereocenters. The van der Waals surface area contributed by atoms with Crippen LogP contribution >= 0.6 is 11.8 Å². The molecule has 86 valence electrons. The molecular weight excluding hydrogens is 204 g/mol. The van der Waals surface area contributed by atoms with Crippen LogP contribution in [0.5, 0.6) is 0 Å². The summed E-state index contributed by atoms with van der Waals surface area (Å²) in [4.78, 5) is 2.92. The Hall–Kier alpha value is 0.270. The molecule has 3 fully saturated rings. The minimum Gasteiger partial charge on any atom is -0.317 e. The van der Waals surface area contributed by atoms with E-state index in [0.29, 0.717) is 0 Å². The lowest BCUT2D eigenvalue weighted by Gasteiger charge is -2.38. The Bertz CT molecular complexity index is 206. The highest BCUT2D eigenvalue weighted by Gasteiger charge is 2.39. The Morgan fingerprint density at radius 3 is 2.20 bits per heavy atom. The lowest BCUT2D eigenvalue weighted by molar-refractivity contribution is 0.111. The number of nitrogens with one attached hydrogen (secondary N) is 1. The zero-order chi connectivity index (χ0) is 10.1. The van der Waals surface area contributed by atoms with Crippen LogP contribution in [-0.4, -0.2) is 47.6 Å². The van der Waals surface area contributed by atoms with Crippen LogP contribution in [0.4, 0.5) is 0 Å². The van der Waals surface area contributed by atoms with Crippen molar-refractivity contribution >= 4 is 11.8 Å². The van der Waals surface area contributed by atoms with E-state index in [9.17, 15) is 0 Å². The number of nitrogens with zero attached hydrogens (tertiary/aromatic N) is 1. The smallest absolute Gasteiger partial charge is 0.0200 e. The molecule has 0 radical (unpaired) electrons. The standard InChI is InChI=1S/C12H22N2S/c1-2-10(1)14(12-5-8-15-9-12)11-3-6-13-7-4-11/h10-13H,1-9H2/t12-/m1/s1. The maximum Gasteiger partial charge on any atom is 0.0200 e. The predicted octanol–water partition coefficient (Wildman–Crippen LogP) is 1.71. The zero-order valence-electron chi connectivity index (χ0n) is 9.45. The fourth-order valence-electron chi connectivity index (χ4n) is 3.13. The van der Waals surface area contributed by atoms with Gasteiger partial charge in [0.25, 0.3) is 0 Å². The molecule has 2 nitrogen and oxygen atoms in total. The van der Waals surface area contributed by atoms with E-state index in [-0.39, 0.29) is 0 Å². The highest BCUT2D eigenvalue weighted by Crippen LogP contribution is 2.36. The Labute approximate surface area is 97.2 Å². The van der Waals surface area contributed by atoms with Gasteiger partial charge in [-0.3, -0.25) is 4.90 Å². The number of hydrogen-bond donors (Lipinski definition) is 1. The van der Waals surface area contributed by atoms with Gasteiger partial charge in [-0.25, -0.2) is 0 Å². The first-order valence-electron chi connectivity index (χ1n) is 6.51. The molecule has 0 amide bonds. The summed E-state index contributed by atoms with van der Waals surface area (Å²) in [7, 11) is 0. The summed E-state index contributed by atoms with van der Waals surface area (Å²) in [6, 6.07) is 2.80. The summed E-state index contributed by atoms with van der Waals surface area (Å²) >= 11 is 2.16. The number of piperidine rings is 1. The molecule has 1 atom stereocenters. The second-order valence-electron chi connectivity index (χ2n) is 5.18. The van der Waals surface area contributed by atoms with E-state index >= 15 is 0 Å². The van der Waals surface area contributed by atoms with Crippen molar-refractivity contribution < 1.29 is 0 Å². The average Bonchev–Trinajstić information content (AvgIpc) is 2.96. The van der Waals surface area contributed by atoms with Crippen molar-refractivity contribution in [1.29, 1.82) is 0 Å². The van der Waals surface area contributed by atoms with E-state index in [1.807, 2.05) is 0 Å². The van der Waals surface area contributed by atoms with Gasteiger partial charge in [-0.15, -0.1) is 0 Å². The monoisotopic (exact) mass is 226 g/mol. The number of hydrogen-bond acceptors (Lipinski definition) is 3. The average molecular weight is 226 g/mol. The molecule has 1 saturated carbocycles. The van der Waals surface area contributed by atoms with Gasteiger partial charge in [0.15, 0.2) is 0 Å². The molecule has 2 heterocycles. The lowest BCUT2D eigenvalue weighted by atomic mass is 10.0. The van der Waals surface area contributed by atoms with Crippen LogP contribution in [-0.2, 0) is 0 Å². The third kappa shape index (κ3) is 2.34. The molecule has 15 heavy (non-hydrogen) atoms. The van der Waals surface area contributed by atoms with E-state index in [1.165, 1.54) is 56.7 Å². The number of thioether (sulfide) groups is 1. The van der Waals surface area contributed by atoms with Gasteiger partial charge in [0, 0.05) is 23.9 Å². The molecule has 0 aromatic carbocycles. The maximum atomic E-state index is 3.49. The third-order valence-electron chi connectivity index (χ3n) is 4.03. The van der Waals surface area contributed by atoms with E-state index in [2.05, 4.69) is 22.0 Å². The van der Waals surface area contributed by atoms with Gasteiger partial charge >= 0.3 is 0 Å². The van der Waals surface area contributed by atoms with Crippen molar-refractivity contribution in [1.82, 2.24) is 10.2 Å². The molecular formula is C12H22N2S. The normalized spacial score (nSPS) is 33.8. The second kappa shape index (κ2) is 4.64. The van der Waals surface area contributed by atoms with Crippen molar-refractivity contribution in [3.63, 3.8) is 0 Å². The zero-order valence-corrected chi connectivity index (χ0v) is 10.3. The predicted molar refractivity (Wildman–Crippen MR) is 66.5 cm³/mol. The molecule has 2 saturated heterocycles. The molecule has 1 aliphatic carbocycles. The summed E-state index contributed by atoms with van der Waals surface area (Å²) in [5.74, 6) is 2.80. The van der Waals surface area contributed by atoms with Crippen LogP contribution in [0.1, 0.15) is 32.1 Å². The summed E-state index contributed by atoms with van der Waals surface area (Å²) in [6.07, 6.45) is 7.18. The summed E-state index contributed by atoms with van der Waals surface area (Å²) in [5.41, 5.74) is 0. The first-order chi connectivity index (χ1) is 7.45. The van der Waals surface area contributed by atoms with Gasteiger partial charge in [0.1, 0.15) is 0 Å². The Kier molecular flexibility index (Phi) is 3.23. The molecule has 3 heteroatoms. The molecule has 3 aliphatic rings. The van der Waals surface area contributed by atoms with Gasteiger partial charge in [0.05, 0.1) is 0 Å². The van der Waals surface area contributed by atoms with E-state index in [4.69, 9.17) is 0 Å². The molecule has 0 spiro atoms. The van der Waals surface area contributed by atoms with E-state index < -0.39 is 0 Å². The van der Waals surface area contributed by atoms with Gasteiger partial charge in [-0.1, -0.05) is 0 Å². The van der Waals surface area contributed by atoms with Crippen LogP contribution in [0.15, 0.2) is 0 Å². The lowest BCUT2D eigenvalue weighted by Crippen LogP contribution is -2.49. The first-order valence-corrected chi connectivity index (χ1v) is 7.66. The fraction of sp³-hybridized carbons (Fsp3) is 1.00. The Morgan fingerprint density at radius 2 is 1.60 bits per heavy atom. The third-order valence-corrected chi connectivity index (χ3v) is 5.17. The van der Waals surface area contributed by atoms with Gasteiger partial charge in [0.2, 0.25) is 0 Å². The summed E-state index contributed by atoms with van der Waals surface area (Å²) in [6.45, 7) is 2.49. The van der Waals surface area contributed by atoms with Crippen LogP contribution in [0.25, 0.3) is 0 Å². The van der Waals surface area contributed by atoms with Crippen molar-refractivity contribution in [2.24, 2.45) is 0 Å². The minimum atomic E-state index is 0.905. The van der Waals surface area contributed by atoms with Gasteiger partial charge in [-0.05, 0) is 50.9 Å². The molecule has 1 N–H and O–H groups in total. The Balaban J connectivity index is 1.65. The molecule has 3 rings (SSSR count). The topological polar surface area (TPSA) is 15.3 Å². The van der Waals surface area contributed by atoms with Crippen molar-refractivity contribution in [3.8, 4) is 0 Å². The van der Waals surface area contributed by atoms with Crippen molar-refractivity contribution in [2.75, 3.05) is 24.6 Å². The quantitative estimate of drug-likeness (QED) is 0.789.